The van der Waals surface area contributed by atoms with Gasteiger partial charge in [-0.3, -0.25) is 4.79 Å². The first-order valence-corrected chi connectivity index (χ1v) is 8.01. The highest BCUT2D eigenvalue weighted by Crippen LogP contribution is 2.20. The summed E-state index contributed by atoms with van der Waals surface area (Å²) < 4.78 is 15.7. The van der Waals surface area contributed by atoms with Gasteiger partial charge in [-0.05, 0) is 56.5 Å². The number of carbonyl (C=O) groups excluding carboxylic acids is 1. The van der Waals surface area contributed by atoms with Gasteiger partial charge in [-0.15, -0.1) is 24.8 Å². The van der Waals surface area contributed by atoms with Crippen LogP contribution in [0.5, 0.6) is 0 Å². The van der Waals surface area contributed by atoms with E-state index in [9.17, 15) is 9.18 Å². The molecule has 0 atom stereocenters. The van der Waals surface area contributed by atoms with Crippen LogP contribution < -0.4 is 10.6 Å². The van der Waals surface area contributed by atoms with Crippen LogP contribution in [0.4, 0.5) is 10.1 Å². The van der Waals surface area contributed by atoms with Crippen LogP contribution in [0.1, 0.15) is 25.7 Å². The summed E-state index contributed by atoms with van der Waals surface area (Å²) >= 11 is 0. The Morgan fingerprint density at radius 3 is 2.72 bits per heavy atom. The summed E-state index contributed by atoms with van der Waals surface area (Å²) in [5, 5.41) is 6.09. The number of benzene rings is 1. The van der Waals surface area contributed by atoms with Gasteiger partial charge in [0.25, 0.3) is 0 Å². The van der Waals surface area contributed by atoms with Crippen LogP contribution in [0.2, 0.25) is 0 Å². The summed E-state index contributed by atoms with van der Waals surface area (Å²) in [6, 6.07) is 4.69. The molecule has 0 radical (unpaired) electrons. The number of nitrogens with one attached hydrogen (secondary N) is 2. The predicted molar refractivity (Wildman–Crippen MR) is 101 cm³/mol. The normalized spacial score (nSPS) is 14.3. The van der Waals surface area contributed by atoms with E-state index < -0.39 is 0 Å². The number of hydrogen-bond acceptors (Lipinski definition) is 3. The molecule has 1 aromatic heterocycles. The van der Waals surface area contributed by atoms with Crippen LogP contribution in [0.25, 0.3) is 5.69 Å². The lowest BCUT2D eigenvalue weighted by atomic mass is 9.93. The highest BCUT2D eigenvalue weighted by atomic mass is 35.5. The SMILES string of the molecule is Cl.Cl.O=C(CCC1CCNCC1)Nc1ccc(-n2ccnc2)c(F)c1. The summed E-state index contributed by atoms with van der Waals surface area (Å²) in [5.41, 5.74) is 0.900. The molecular formula is C17H23Cl2FN4O. The Labute approximate surface area is 159 Å². The quantitative estimate of drug-likeness (QED) is 0.822. The van der Waals surface area contributed by atoms with Crippen molar-refractivity contribution in [3.8, 4) is 5.69 Å². The fourth-order valence-electron chi connectivity index (χ4n) is 2.92. The molecule has 0 saturated carbocycles. The Kier molecular flexibility index (Phi) is 8.89. The van der Waals surface area contributed by atoms with Gasteiger partial charge < -0.3 is 15.2 Å². The molecule has 1 saturated heterocycles. The number of anilines is 1. The molecule has 0 bridgehead atoms. The summed E-state index contributed by atoms with van der Waals surface area (Å²) in [6.45, 7) is 2.07. The molecule has 0 aliphatic carbocycles. The van der Waals surface area contributed by atoms with E-state index in [2.05, 4.69) is 15.6 Å². The molecule has 2 heterocycles. The van der Waals surface area contributed by atoms with E-state index in [0.29, 0.717) is 23.7 Å². The Bertz CT molecular complexity index is 661. The molecule has 2 aromatic rings. The molecule has 1 aliphatic heterocycles. The number of nitrogens with zero attached hydrogens (tertiary/aromatic N) is 2. The highest BCUT2D eigenvalue weighted by Gasteiger charge is 2.15. The topological polar surface area (TPSA) is 59.0 Å². The van der Waals surface area contributed by atoms with Gasteiger partial charge in [-0.2, -0.15) is 0 Å². The summed E-state index contributed by atoms with van der Waals surface area (Å²) in [5.74, 6) is 0.167. The van der Waals surface area contributed by atoms with Crippen molar-refractivity contribution in [2.45, 2.75) is 25.7 Å². The number of piperidine rings is 1. The van der Waals surface area contributed by atoms with Crippen molar-refractivity contribution in [3.63, 3.8) is 0 Å². The molecule has 0 unspecified atom stereocenters. The zero-order valence-corrected chi connectivity index (χ0v) is 15.4. The maximum absolute atomic E-state index is 14.1. The second kappa shape index (κ2) is 10.4. The predicted octanol–water partition coefficient (Wildman–Crippen LogP) is 3.57. The number of hydrogen-bond donors (Lipinski definition) is 2. The van der Waals surface area contributed by atoms with Crippen LogP contribution >= 0.6 is 24.8 Å². The lowest BCUT2D eigenvalue weighted by Gasteiger charge is -2.22. The van der Waals surface area contributed by atoms with Gasteiger partial charge in [0, 0.05) is 24.5 Å². The first-order chi connectivity index (χ1) is 11.2. The molecule has 1 fully saturated rings. The molecule has 138 valence electrons. The molecule has 2 N–H and O–H groups in total. The minimum atomic E-state index is -0.390. The minimum absolute atomic E-state index is 0. The highest BCUT2D eigenvalue weighted by molar-refractivity contribution is 5.90. The number of rotatable bonds is 5. The maximum atomic E-state index is 14.1. The van der Waals surface area contributed by atoms with Gasteiger partial charge >= 0.3 is 0 Å². The molecule has 8 heteroatoms. The van der Waals surface area contributed by atoms with Gasteiger partial charge in [0.1, 0.15) is 5.82 Å². The van der Waals surface area contributed by atoms with E-state index in [4.69, 9.17) is 0 Å². The van der Waals surface area contributed by atoms with E-state index in [1.165, 1.54) is 12.4 Å². The summed E-state index contributed by atoms with van der Waals surface area (Å²) in [4.78, 5) is 15.9. The summed E-state index contributed by atoms with van der Waals surface area (Å²) in [7, 11) is 0. The van der Waals surface area contributed by atoms with Crippen molar-refractivity contribution in [3.05, 3.63) is 42.7 Å². The van der Waals surface area contributed by atoms with Gasteiger partial charge in [0.15, 0.2) is 0 Å². The molecule has 1 amide bonds. The monoisotopic (exact) mass is 388 g/mol. The third-order valence-electron chi connectivity index (χ3n) is 4.25. The lowest BCUT2D eigenvalue weighted by molar-refractivity contribution is -0.116. The average Bonchev–Trinajstić information content (AvgIpc) is 3.08. The van der Waals surface area contributed by atoms with E-state index in [0.717, 1.165) is 32.4 Å². The van der Waals surface area contributed by atoms with Gasteiger partial charge in [-0.1, -0.05) is 0 Å². The second-order valence-electron chi connectivity index (χ2n) is 5.92. The van der Waals surface area contributed by atoms with Crippen molar-refractivity contribution >= 4 is 36.4 Å². The Morgan fingerprint density at radius 2 is 2.08 bits per heavy atom. The maximum Gasteiger partial charge on any atom is 0.224 e. The fourth-order valence-corrected chi connectivity index (χ4v) is 2.92. The standard InChI is InChI=1S/C17H21FN4O.2ClH/c18-15-11-14(2-3-16(15)22-10-9-20-12-22)21-17(23)4-1-13-5-7-19-8-6-13;;/h2-3,9-13,19H,1,4-8H2,(H,21,23);2*1H. The fraction of sp³-hybridized carbons (Fsp3) is 0.412. The molecule has 0 spiro atoms. The number of halogens is 3. The Hall–Kier alpha value is -1.63. The zero-order chi connectivity index (χ0) is 16.1. The third-order valence-corrected chi connectivity index (χ3v) is 4.25. The number of aromatic nitrogens is 2. The van der Waals surface area contributed by atoms with E-state index >= 15 is 0 Å². The van der Waals surface area contributed by atoms with Crippen LogP contribution in [-0.2, 0) is 4.79 Å². The van der Waals surface area contributed by atoms with Crippen molar-refractivity contribution in [2.24, 2.45) is 5.92 Å². The Morgan fingerprint density at radius 1 is 1.32 bits per heavy atom. The molecule has 5 nitrogen and oxygen atoms in total. The molecule has 25 heavy (non-hydrogen) atoms. The van der Waals surface area contributed by atoms with Gasteiger partial charge in [0.2, 0.25) is 5.91 Å². The smallest absolute Gasteiger partial charge is 0.224 e. The van der Waals surface area contributed by atoms with E-state index in [-0.39, 0.29) is 36.5 Å². The minimum Gasteiger partial charge on any atom is -0.326 e. The van der Waals surface area contributed by atoms with E-state index in [1.807, 2.05) is 0 Å². The van der Waals surface area contributed by atoms with Crippen LogP contribution in [0, 0.1) is 11.7 Å². The molecule has 1 aliphatic rings. The largest absolute Gasteiger partial charge is 0.326 e. The van der Waals surface area contributed by atoms with Crippen molar-refractivity contribution in [1.29, 1.82) is 0 Å². The van der Waals surface area contributed by atoms with E-state index in [1.54, 1.807) is 29.1 Å². The first kappa shape index (κ1) is 21.4. The van der Waals surface area contributed by atoms with Crippen molar-refractivity contribution in [2.75, 3.05) is 18.4 Å². The van der Waals surface area contributed by atoms with Gasteiger partial charge in [-0.25, -0.2) is 9.37 Å². The summed E-state index contributed by atoms with van der Waals surface area (Å²) in [6.07, 6.45) is 8.43. The average molecular weight is 389 g/mol. The number of imidazole rings is 1. The van der Waals surface area contributed by atoms with Gasteiger partial charge in [0.05, 0.1) is 12.0 Å². The van der Waals surface area contributed by atoms with Crippen LogP contribution in [-0.4, -0.2) is 28.5 Å². The van der Waals surface area contributed by atoms with Crippen LogP contribution in [0.15, 0.2) is 36.9 Å². The zero-order valence-electron chi connectivity index (χ0n) is 13.8. The second-order valence-corrected chi connectivity index (χ2v) is 5.92. The molecule has 1 aromatic carbocycles. The third kappa shape index (κ3) is 5.99. The Balaban J connectivity index is 0.00000156. The first-order valence-electron chi connectivity index (χ1n) is 8.01. The number of amides is 1. The van der Waals surface area contributed by atoms with Crippen molar-refractivity contribution < 1.29 is 9.18 Å². The lowest BCUT2D eigenvalue weighted by Crippen LogP contribution is -2.28. The molecular weight excluding hydrogens is 366 g/mol. The van der Waals surface area contributed by atoms with Crippen molar-refractivity contribution in [1.82, 2.24) is 14.9 Å². The molecule has 3 rings (SSSR count). The number of carbonyl (C=O) groups is 1. The van der Waals surface area contributed by atoms with Crippen LogP contribution in [0.3, 0.4) is 0 Å².